The highest BCUT2D eigenvalue weighted by atomic mass is 16.5. The number of hydrogen-bond acceptors (Lipinski definition) is 3. The van der Waals surface area contributed by atoms with Gasteiger partial charge in [-0.25, -0.2) is 0 Å². The highest BCUT2D eigenvalue weighted by Gasteiger charge is 2.23. The van der Waals surface area contributed by atoms with E-state index in [1.165, 1.54) is 0 Å². The Morgan fingerprint density at radius 1 is 1.47 bits per heavy atom. The molecule has 1 aromatic rings. The van der Waals surface area contributed by atoms with E-state index in [2.05, 4.69) is 6.07 Å². The van der Waals surface area contributed by atoms with Gasteiger partial charge in [-0.1, -0.05) is 19.9 Å². The van der Waals surface area contributed by atoms with Crippen LogP contribution in [0.4, 0.5) is 0 Å². The summed E-state index contributed by atoms with van der Waals surface area (Å²) in [5.74, 6) is 0.256. The minimum Gasteiger partial charge on any atom is -0.508 e. The van der Waals surface area contributed by atoms with E-state index >= 15 is 0 Å². The molecule has 0 amide bonds. The summed E-state index contributed by atoms with van der Waals surface area (Å²) in [4.78, 5) is 0. The first-order chi connectivity index (χ1) is 7.08. The summed E-state index contributed by atoms with van der Waals surface area (Å²) in [5.41, 5.74) is 0.528. The molecule has 0 aliphatic heterocycles. The van der Waals surface area contributed by atoms with Crippen LogP contribution >= 0.6 is 0 Å². The summed E-state index contributed by atoms with van der Waals surface area (Å²) >= 11 is 0. The molecule has 0 heterocycles. The van der Waals surface area contributed by atoms with E-state index in [1.807, 2.05) is 13.8 Å². The van der Waals surface area contributed by atoms with Crippen molar-refractivity contribution in [2.24, 2.45) is 0 Å². The van der Waals surface area contributed by atoms with E-state index in [-0.39, 0.29) is 17.8 Å². The maximum Gasteiger partial charge on any atom is 0.119 e. The Balaban J connectivity index is 2.72. The molecule has 1 aromatic carbocycles. The van der Waals surface area contributed by atoms with Gasteiger partial charge < -0.3 is 14.9 Å². The number of ether oxygens (including phenoxy) is 1. The van der Waals surface area contributed by atoms with E-state index < -0.39 is 0 Å². The molecule has 0 unspecified atom stereocenters. The summed E-state index contributed by atoms with van der Waals surface area (Å²) in [6.45, 7) is 4.75. The molecule has 0 saturated heterocycles. The van der Waals surface area contributed by atoms with Crippen molar-refractivity contribution >= 4 is 0 Å². The molecule has 1 rings (SSSR count). The van der Waals surface area contributed by atoms with Crippen LogP contribution in [0.25, 0.3) is 0 Å². The largest absolute Gasteiger partial charge is 0.508 e. The molecule has 2 N–H and O–H groups in total. The zero-order valence-electron chi connectivity index (χ0n) is 9.16. The van der Waals surface area contributed by atoms with E-state index in [0.29, 0.717) is 13.2 Å². The molecule has 0 bridgehead atoms. The van der Waals surface area contributed by atoms with Crippen LogP contribution in [0.3, 0.4) is 0 Å². The van der Waals surface area contributed by atoms with Crippen LogP contribution in [0.2, 0.25) is 0 Å². The second kappa shape index (κ2) is 5.14. The lowest BCUT2D eigenvalue weighted by Gasteiger charge is -2.25. The average Bonchev–Trinajstić information content (AvgIpc) is 2.18. The molecule has 15 heavy (non-hydrogen) atoms. The lowest BCUT2D eigenvalue weighted by molar-refractivity contribution is 0.0636. The molecule has 0 aliphatic carbocycles. The van der Waals surface area contributed by atoms with Gasteiger partial charge >= 0.3 is 0 Å². The van der Waals surface area contributed by atoms with Crippen molar-refractivity contribution in [2.75, 3.05) is 19.8 Å². The van der Waals surface area contributed by atoms with Gasteiger partial charge in [0.15, 0.2) is 0 Å². The fourth-order valence-corrected chi connectivity index (χ4v) is 1.43. The number of aliphatic hydroxyl groups is 1. The first-order valence-corrected chi connectivity index (χ1v) is 4.96. The van der Waals surface area contributed by atoms with E-state index in [4.69, 9.17) is 9.84 Å². The van der Waals surface area contributed by atoms with Crippen molar-refractivity contribution in [2.45, 2.75) is 19.3 Å². The summed E-state index contributed by atoms with van der Waals surface area (Å²) in [5, 5.41) is 18.3. The van der Waals surface area contributed by atoms with Gasteiger partial charge in [0.25, 0.3) is 0 Å². The number of hydrogen-bond donors (Lipinski definition) is 2. The van der Waals surface area contributed by atoms with Gasteiger partial charge in [-0.2, -0.15) is 0 Å². The Morgan fingerprint density at radius 3 is 2.80 bits per heavy atom. The lowest BCUT2D eigenvalue weighted by Crippen LogP contribution is -2.25. The minimum atomic E-state index is -0.281. The predicted octanol–water partition coefficient (Wildman–Crippen LogP) is 1.48. The molecule has 3 heteroatoms. The Hall–Kier alpha value is -1.06. The first kappa shape index (κ1) is 12.0. The highest BCUT2D eigenvalue weighted by Crippen LogP contribution is 2.30. The maximum atomic E-state index is 9.68. The van der Waals surface area contributed by atoms with Crippen molar-refractivity contribution < 1.29 is 14.9 Å². The first-order valence-electron chi connectivity index (χ1n) is 4.96. The second-order valence-electron chi connectivity index (χ2n) is 4.10. The number of aromatic hydroxyl groups is 1. The third-order valence-corrected chi connectivity index (χ3v) is 2.27. The highest BCUT2D eigenvalue weighted by molar-refractivity contribution is 5.37. The van der Waals surface area contributed by atoms with Gasteiger partial charge in [-0.15, -0.1) is 0 Å². The molecule has 0 fully saturated rings. The molecule has 0 aliphatic rings. The number of aliphatic hydroxyl groups excluding tert-OH is 1. The fraction of sp³-hybridized carbons (Fsp3) is 0.500. The Kier molecular flexibility index (Phi) is 4.12. The van der Waals surface area contributed by atoms with E-state index in [9.17, 15) is 5.11 Å². The third kappa shape index (κ3) is 3.22. The van der Waals surface area contributed by atoms with Crippen LogP contribution in [0.1, 0.15) is 19.4 Å². The quantitative estimate of drug-likeness (QED) is 0.722. The zero-order valence-corrected chi connectivity index (χ0v) is 9.16. The second-order valence-corrected chi connectivity index (χ2v) is 4.10. The Labute approximate surface area is 90.3 Å². The molecule has 0 spiro atoms. The molecule has 83 valence electrons. The summed E-state index contributed by atoms with van der Waals surface area (Å²) < 4.78 is 5.28. The zero-order chi connectivity index (χ0) is 11.3. The van der Waals surface area contributed by atoms with Crippen LogP contribution in [-0.4, -0.2) is 30.0 Å². The smallest absolute Gasteiger partial charge is 0.119 e. The van der Waals surface area contributed by atoms with Crippen LogP contribution in [0, 0.1) is 6.07 Å². The normalized spacial score (nSPS) is 11.7. The predicted molar refractivity (Wildman–Crippen MR) is 57.9 cm³/mol. The molecular formula is C12H17O3. The monoisotopic (exact) mass is 209 g/mol. The van der Waals surface area contributed by atoms with Crippen LogP contribution in [0.5, 0.6) is 5.75 Å². The molecule has 3 nitrogen and oxygen atoms in total. The van der Waals surface area contributed by atoms with Gasteiger partial charge in [-0.05, 0) is 18.2 Å². The number of rotatable bonds is 5. The SMILES string of the molecule is CC(C)(COCCO)c1c[c]ccc1O. The lowest BCUT2D eigenvalue weighted by atomic mass is 9.85. The molecule has 0 saturated carbocycles. The number of phenolic OH excluding ortho intramolecular Hbond substituents is 1. The van der Waals surface area contributed by atoms with E-state index in [0.717, 1.165) is 5.56 Å². The van der Waals surface area contributed by atoms with Crippen molar-refractivity contribution in [1.29, 1.82) is 0 Å². The van der Waals surface area contributed by atoms with Crippen LogP contribution in [0.15, 0.2) is 18.2 Å². The van der Waals surface area contributed by atoms with Gasteiger partial charge in [0.2, 0.25) is 0 Å². The molecule has 0 aromatic heterocycles. The van der Waals surface area contributed by atoms with Gasteiger partial charge in [0.05, 0.1) is 19.8 Å². The van der Waals surface area contributed by atoms with Gasteiger partial charge in [-0.3, -0.25) is 0 Å². The topological polar surface area (TPSA) is 49.7 Å². The molecule has 0 atom stereocenters. The van der Waals surface area contributed by atoms with Crippen molar-refractivity contribution in [1.82, 2.24) is 0 Å². The minimum absolute atomic E-state index is 0.0168. The Bertz CT molecular complexity index is 307. The standard InChI is InChI=1S/C12H17O3/c1-12(2,9-15-8-7-13)10-5-3-4-6-11(10)14/h4-6,13-14H,7-9H2,1-2H3. The number of benzene rings is 1. The molecular weight excluding hydrogens is 192 g/mol. The summed E-state index contributed by atoms with van der Waals surface area (Å²) in [6.07, 6.45) is 0. The van der Waals surface area contributed by atoms with Crippen LogP contribution < -0.4 is 0 Å². The number of phenols is 1. The van der Waals surface area contributed by atoms with Crippen LogP contribution in [-0.2, 0) is 10.2 Å². The van der Waals surface area contributed by atoms with Gasteiger partial charge in [0.1, 0.15) is 5.75 Å². The maximum absolute atomic E-state index is 9.68. The summed E-state index contributed by atoms with van der Waals surface area (Å²) in [7, 11) is 0. The van der Waals surface area contributed by atoms with Crippen molar-refractivity contribution in [3.8, 4) is 5.75 Å². The fourth-order valence-electron chi connectivity index (χ4n) is 1.43. The van der Waals surface area contributed by atoms with Crippen molar-refractivity contribution in [3.05, 3.63) is 29.8 Å². The summed E-state index contributed by atoms with van der Waals surface area (Å²) in [6, 6.07) is 7.98. The Morgan fingerprint density at radius 2 is 2.20 bits per heavy atom. The van der Waals surface area contributed by atoms with E-state index in [1.54, 1.807) is 18.2 Å². The third-order valence-electron chi connectivity index (χ3n) is 2.27. The average molecular weight is 209 g/mol. The van der Waals surface area contributed by atoms with Gasteiger partial charge in [0, 0.05) is 11.0 Å². The van der Waals surface area contributed by atoms with Crippen molar-refractivity contribution in [3.63, 3.8) is 0 Å². The molecule has 1 radical (unpaired) electrons.